The fraction of sp³-hybridized carbons (Fsp3) is 0.429. The molecule has 0 saturated carbocycles. The lowest BCUT2D eigenvalue weighted by atomic mass is 10.2. The summed E-state index contributed by atoms with van der Waals surface area (Å²) in [7, 11) is 0. The van der Waals surface area contributed by atoms with Gasteiger partial charge in [0.25, 0.3) is 5.69 Å². The van der Waals surface area contributed by atoms with Crippen molar-refractivity contribution < 1.29 is 4.92 Å². The van der Waals surface area contributed by atoms with Gasteiger partial charge in [0.2, 0.25) is 0 Å². The van der Waals surface area contributed by atoms with E-state index in [2.05, 4.69) is 4.90 Å². The lowest BCUT2D eigenvalue weighted by Crippen LogP contribution is -2.23. The molecule has 0 bridgehead atoms. The quantitative estimate of drug-likeness (QED) is 0.642. The van der Waals surface area contributed by atoms with Crippen LogP contribution in [0.25, 0.3) is 10.9 Å². The predicted molar refractivity (Wildman–Crippen MR) is 79.3 cm³/mol. The zero-order valence-electron chi connectivity index (χ0n) is 11.1. The number of aromatic nitrogens is 1. The van der Waals surface area contributed by atoms with E-state index in [0.29, 0.717) is 5.02 Å². The van der Waals surface area contributed by atoms with Gasteiger partial charge in [-0.2, -0.15) is 0 Å². The molecule has 3 rings (SSSR count). The molecule has 1 aromatic heterocycles. The Morgan fingerprint density at radius 1 is 1.25 bits per heavy atom. The molecule has 1 aliphatic rings. The van der Waals surface area contributed by atoms with Gasteiger partial charge < -0.3 is 9.47 Å². The van der Waals surface area contributed by atoms with Gasteiger partial charge in [-0.1, -0.05) is 11.6 Å². The first-order chi connectivity index (χ1) is 9.65. The Morgan fingerprint density at radius 2 is 2.00 bits per heavy atom. The average Bonchev–Trinajstić information content (AvgIpc) is 3.05. The van der Waals surface area contributed by atoms with Crippen LogP contribution in [0.5, 0.6) is 0 Å². The summed E-state index contributed by atoms with van der Waals surface area (Å²) in [5.74, 6) is 0. The van der Waals surface area contributed by atoms with E-state index < -0.39 is 0 Å². The highest BCUT2D eigenvalue weighted by Gasteiger charge is 2.15. The minimum absolute atomic E-state index is 0.106. The van der Waals surface area contributed by atoms with Gasteiger partial charge in [0.1, 0.15) is 0 Å². The topological polar surface area (TPSA) is 51.3 Å². The maximum Gasteiger partial charge on any atom is 0.271 e. The molecule has 20 heavy (non-hydrogen) atoms. The minimum Gasteiger partial charge on any atom is -0.344 e. The van der Waals surface area contributed by atoms with Crippen LogP contribution in [0, 0.1) is 10.1 Å². The SMILES string of the molecule is O=[N+]([O-])c1ccc2c(Cl)cn(CCN3CCCC3)c2c1. The second-order valence-corrected chi connectivity index (χ2v) is 5.58. The standard InChI is InChI=1S/C14H16ClN3O2/c15-13-10-17(8-7-16-5-1-2-6-16)14-9-11(18(19)20)3-4-12(13)14/h3-4,9-10H,1-2,5-8H2. The predicted octanol–water partition coefficient (Wildman–Crippen LogP) is 3.30. The van der Waals surface area contributed by atoms with Gasteiger partial charge in [-0.25, -0.2) is 0 Å². The van der Waals surface area contributed by atoms with Crippen LogP contribution in [0.3, 0.4) is 0 Å². The molecule has 106 valence electrons. The summed E-state index contributed by atoms with van der Waals surface area (Å²) in [5, 5.41) is 12.4. The van der Waals surface area contributed by atoms with Crippen LogP contribution in [-0.2, 0) is 6.54 Å². The Kier molecular flexibility index (Phi) is 3.63. The molecule has 6 heteroatoms. The molecule has 2 heterocycles. The van der Waals surface area contributed by atoms with Crippen LogP contribution >= 0.6 is 11.6 Å². The average molecular weight is 294 g/mol. The van der Waals surface area contributed by atoms with E-state index in [1.807, 2.05) is 10.8 Å². The molecule has 1 aliphatic heterocycles. The third-order valence-corrected chi connectivity index (χ3v) is 4.19. The third kappa shape index (κ3) is 2.51. The fourth-order valence-corrected chi connectivity index (χ4v) is 3.07. The highest BCUT2D eigenvalue weighted by molar-refractivity contribution is 6.35. The van der Waals surface area contributed by atoms with E-state index in [1.54, 1.807) is 12.1 Å². The second-order valence-electron chi connectivity index (χ2n) is 5.18. The molecule has 1 fully saturated rings. The molecule has 0 radical (unpaired) electrons. The number of nitro groups is 1. The molecular formula is C14H16ClN3O2. The van der Waals surface area contributed by atoms with Crippen LogP contribution < -0.4 is 0 Å². The third-order valence-electron chi connectivity index (χ3n) is 3.88. The summed E-state index contributed by atoms with van der Waals surface area (Å²) in [6.07, 6.45) is 4.39. The first kappa shape index (κ1) is 13.4. The van der Waals surface area contributed by atoms with Crippen molar-refractivity contribution in [2.45, 2.75) is 19.4 Å². The number of nitro benzene ring substituents is 1. The first-order valence-corrected chi connectivity index (χ1v) is 7.18. The van der Waals surface area contributed by atoms with Crippen LogP contribution in [0.2, 0.25) is 5.02 Å². The maximum atomic E-state index is 10.9. The van der Waals surface area contributed by atoms with Gasteiger partial charge >= 0.3 is 0 Å². The monoisotopic (exact) mass is 293 g/mol. The lowest BCUT2D eigenvalue weighted by Gasteiger charge is -2.15. The summed E-state index contributed by atoms with van der Waals surface area (Å²) < 4.78 is 2.02. The zero-order valence-corrected chi connectivity index (χ0v) is 11.8. The van der Waals surface area contributed by atoms with Crippen LogP contribution in [0.1, 0.15) is 12.8 Å². The number of hydrogen-bond donors (Lipinski definition) is 0. The van der Waals surface area contributed by atoms with Crippen molar-refractivity contribution in [3.05, 3.63) is 39.5 Å². The number of fused-ring (bicyclic) bond motifs is 1. The van der Waals surface area contributed by atoms with Gasteiger partial charge in [-0.05, 0) is 32.0 Å². The zero-order chi connectivity index (χ0) is 14.1. The van der Waals surface area contributed by atoms with Gasteiger partial charge in [-0.3, -0.25) is 10.1 Å². The van der Waals surface area contributed by atoms with Gasteiger partial charge in [0.05, 0.1) is 15.5 Å². The van der Waals surface area contributed by atoms with E-state index in [9.17, 15) is 10.1 Å². The van der Waals surface area contributed by atoms with Crippen molar-refractivity contribution >= 4 is 28.2 Å². The number of hydrogen-bond acceptors (Lipinski definition) is 3. The number of halogens is 1. The molecule has 0 atom stereocenters. The normalized spacial score (nSPS) is 16.1. The number of benzene rings is 1. The van der Waals surface area contributed by atoms with Gasteiger partial charge in [-0.15, -0.1) is 0 Å². The Morgan fingerprint density at radius 3 is 2.70 bits per heavy atom. The molecular weight excluding hydrogens is 278 g/mol. The Balaban J connectivity index is 1.88. The van der Waals surface area contributed by atoms with E-state index in [-0.39, 0.29) is 10.6 Å². The lowest BCUT2D eigenvalue weighted by molar-refractivity contribution is -0.384. The van der Waals surface area contributed by atoms with Crippen molar-refractivity contribution in [2.24, 2.45) is 0 Å². The molecule has 0 spiro atoms. The summed E-state index contributed by atoms with van der Waals surface area (Å²) in [6.45, 7) is 4.06. The molecule has 1 saturated heterocycles. The second kappa shape index (κ2) is 5.42. The summed E-state index contributed by atoms with van der Waals surface area (Å²) >= 11 is 6.20. The van der Waals surface area contributed by atoms with Crippen molar-refractivity contribution in [3.63, 3.8) is 0 Å². The van der Waals surface area contributed by atoms with Gasteiger partial charge in [0, 0.05) is 36.8 Å². The molecule has 2 aromatic rings. The highest BCUT2D eigenvalue weighted by atomic mass is 35.5. The van der Waals surface area contributed by atoms with E-state index in [1.165, 1.54) is 18.9 Å². The Bertz CT molecular complexity index is 647. The molecule has 0 N–H and O–H groups in total. The van der Waals surface area contributed by atoms with Crippen molar-refractivity contribution in [1.82, 2.24) is 9.47 Å². The number of nitrogens with zero attached hydrogens (tertiary/aromatic N) is 3. The minimum atomic E-state index is -0.370. The van der Waals surface area contributed by atoms with Crippen molar-refractivity contribution in [1.29, 1.82) is 0 Å². The molecule has 0 aliphatic carbocycles. The molecule has 1 aromatic carbocycles. The van der Waals surface area contributed by atoms with Crippen LogP contribution in [0.4, 0.5) is 5.69 Å². The van der Waals surface area contributed by atoms with E-state index in [0.717, 1.165) is 37.1 Å². The largest absolute Gasteiger partial charge is 0.344 e. The number of non-ortho nitro benzene ring substituents is 1. The van der Waals surface area contributed by atoms with Crippen molar-refractivity contribution in [3.8, 4) is 0 Å². The molecule has 0 unspecified atom stereocenters. The summed E-state index contributed by atoms with van der Waals surface area (Å²) in [4.78, 5) is 12.9. The Hall–Kier alpha value is -1.59. The van der Waals surface area contributed by atoms with E-state index in [4.69, 9.17) is 11.6 Å². The molecule has 5 nitrogen and oxygen atoms in total. The van der Waals surface area contributed by atoms with Gasteiger partial charge in [0.15, 0.2) is 0 Å². The first-order valence-electron chi connectivity index (χ1n) is 6.80. The smallest absolute Gasteiger partial charge is 0.271 e. The molecule has 0 amide bonds. The number of likely N-dealkylation sites (tertiary alicyclic amines) is 1. The maximum absolute atomic E-state index is 10.9. The Labute approximate surface area is 121 Å². The summed E-state index contributed by atoms with van der Waals surface area (Å²) in [5.41, 5.74) is 0.943. The summed E-state index contributed by atoms with van der Waals surface area (Å²) in [6, 6.07) is 4.83. The van der Waals surface area contributed by atoms with Crippen molar-refractivity contribution in [2.75, 3.05) is 19.6 Å². The van der Waals surface area contributed by atoms with E-state index >= 15 is 0 Å². The van der Waals surface area contributed by atoms with Crippen LogP contribution in [-0.4, -0.2) is 34.0 Å². The fourth-order valence-electron chi connectivity index (χ4n) is 2.79. The van der Waals surface area contributed by atoms with Crippen LogP contribution in [0.15, 0.2) is 24.4 Å². The highest BCUT2D eigenvalue weighted by Crippen LogP contribution is 2.29. The number of rotatable bonds is 4.